The molecule has 2 atom stereocenters. The van der Waals surface area contributed by atoms with Crippen LogP contribution in [-0.4, -0.2) is 29.6 Å². The minimum absolute atomic E-state index is 0.260. The van der Waals surface area contributed by atoms with Crippen molar-refractivity contribution in [2.24, 2.45) is 0 Å². The van der Waals surface area contributed by atoms with E-state index < -0.39 is 0 Å². The zero-order valence-electron chi connectivity index (χ0n) is 13.0. The lowest BCUT2D eigenvalue weighted by Crippen LogP contribution is -2.62. The molecule has 0 spiro atoms. The summed E-state index contributed by atoms with van der Waals surface area (Å²) in [6, 6.07) is 9.38. The van der Waals surface area contributed by atoms with Crippen LogP contribution in [0.1, 0.15) is 45.6 Å². The molecule has 20 heavy (non-hydrogen) atoms. The largest absolute Gasteiger partial charge is 0.309 e. The van der Waals surface area contributed by atoms with Crippen molar-refractivity contribution in [1.29, 1.82) is 0 Å². The lowest BCUT2D eigenvalue weighted by Gasteiger charge is -2.46. The van der Waals surface area contributed by atoms with Crippen molar-refractivity contribution in [3.63, 3.8) is 0 Å². The number of hydrogen-bond acceptors (Lipinski definition) is 2. The van der Waals surface area contributed by atoms with Crippen LogP contribution in [0, 0.1) is 0 Å². The van der Waals surface area contributed by atoms with Crippen molar-refractivity contribution in [2.45, 2.75) is 58.2 Å². The molecule has 2 nitrogen and oxygen atoms in total. The Morgan fingerprint density at radius 3 is 2.85 bits per heavy atom. The molecule has 1 heterocycles. The molecule has 1 saturated heterocycles. The Kier molecular flexibility index (Phi) is 5.65. The Bertz CT molecular complexity index is 435. The van der Waals surface area contributed by atoms with E-state index in [4.69, 9.17) is 0 Å². The number of hydrogen-bond donors (Lipinski definition) is 1. The van der Waals surface area contributed by atoms with Gasteiger partial charge in [0.1, 0.15) is 0 Å². The highest BCUT2D eigenvalue weighted by Crippen LogP contribution is 2.24. The molecule has 1 aromatic rings. The number of nitrogens with one attached hydrogen (secondary N) is 1. The van der Waals surface area contributed by atoms with E-state index in [9.17, 15) is 0 Å². The van der Waals surface area contributed by atoms with Gasteiger partial charge in [-0.25, -0.2) is 0 Å². The van der Waals surface area contributed by atoms with Gasteiger partial charge in [0, 0.05) is 35.7 Å². The van der Waals surface area contributed by atoms with E-state index in [2.05, 4.69) is 71.2 Å². The Morgan fingerprint density at radius 2 is 2.20 bits per heavy atom. The summed E-state index contributed by atoms with van der Waals surface area (Å²) < 4.78 is 1.18. The van der Waals surface area contributed by atoms with Gasteiger partial charge in [-0.1, -0.05) is 48.3 Å². The first-order valence-electron chi connectivity index (χ1n) is 7.80. The fourth-order valence-electron chi connectivity index (χ4n) is 3.04. The Balaban J connectivity index is 2.10. The lowest BCUT2D eigenvalue weighted by molar-refractivity contribution is 0.0725. The van der Waals surface area contributed by atoms with Crippen LogP contribution in [0.4, 0.5) is 0 Å². The summed E-state index contributed by atoms with van der Waals surface area (Å²) in [5, 5.41) is 3.76. The molecule has 0 aliphatic carbocycles. The van der Waals surface area contributed by atoms with Crippen molar-refractivity contribution in [3.05, 3.63) is 34.3 Å². The minimum Gasteiger partial charge on any atom is -0.309 e. The molecule has 0 aromatic heterocycles. The van der Waals surface area contributed by atoms with E-state index in [1.807, 2.05) is 0 Å². The van der Waals surface area contributed by atoms with Crippen LogP contribution in [0.15, 0.2) is 28.7 Å². The average Bonchev–Trinajstić information content (AvgIpc) is 2.42. The third-order valence-electron chi connectivity index (χ3n) is 4.51. The van der Waals surface area contributed by atoms with E-state index in [0.717, 1.165) is 19.6 Å². The van der Waals surface area contributed by atoms with Crippen molar-refractivity contribution >= 4 is 15.9 Å². The molecule has 1 aromatic carbocycles. The second-order valence-corrected chi connectivity index (χ2v) is 7.19. The molecule has 0 radical (unpaired) electrons. The van der Waals surface area contributed by atoms with Gasteiger partial charge in [-0.2, -0.15) is 0 Å². The van der Waals surface area contributed by atoms with Crippen LogP contribution >= 0.6 is 15.9 Å². The fraction of sp³-hybridized carbons (Fsp3) is 0.647. The standard InChI is InChI=1S/C17H27BrN2/c1-4-7-16-11-19-17(3,5-2)13-20(16)12-14-8-6-9-15(18)10-14/h6,8-10,16,19H,4-5,7,11-13H2,1-3H3. The van der Waals surface area contributed by atoms with E-state index in [0.29, 0.717) is 6.04 Å². The third kappa shape index (κ3) is 4.06. The van der Waals surface area contributed by atoms with Gasteiger partial charge >= 0.3 is 0 Å². The Hall–Kier alpha value is -0.380. The number of halogens is 1. The van der Waals surface area contributed by atoms with Gasteiger partial charge < -0.3 is 5.32 Å². The van der Waals surface area contributed by atoms with Crippen molar-refractivity contribution in [3.8, 4) is 0 Å². The summed E-state index contributed by atoms with van der Waals surface area (Å²) >= 11 is 3.58. The first-order valence-corrected chi connectivity index (χ1v) is 8.59. The number of benzene rings is 1. The molecule has 1 fully saturated rings. The minimum atomic E-state index is 0.260. The molecule has 3 heteroatoms. The van der Waals surface area contributed by atoms with Gasteiger partial charge in [-0.05, 0) is 37.5 Å². The molecule has 0 bridgehead atoms. The van der Waals surface area contributed by atoms with Crippen molar-refractivity contribution in [1.82, 2.24) is 10.2 Å². The smallest absolute Gasteiger partial charge is 0.0278 e. The van der Waals surface area contributed by atoms with Gasteiger partial charge in [0.25, 0.3) is 0 Å². The second kappa shape index (κ2) is 7.06. The van der Waals surface area contributed by atoms with E-state index >= 15 is 0 Å². The molecule has 1 aliphatic rings. The zero-order chi connectivity index (χ0) is 14.6. The van der Waals surface area contributed by atoms with Crippen molar-refractivity contribution < 1.29 is 0 Å². The highest BCUT2D eigenvalue weighted by atomic mass is 79.9. The second-order valence-electron chi connectivity index (χ2n) is 6.27. The Labute approximate surface area is 132 Å². The van der Waals surface area contributed by atoms with Crippen LogP contribution in [0.3, 0.4) is 0 Å². The third-order valence-corrected chi connectivity index (χ3v) is 5.00. The predicted molar refractivity (Wildman–Crippen MR) is 89.9 cm³/mol. The van der Waals surface area contributed by atoms with Gasteiger partial charge in [0.2, 0.25) is 0 Å². The summed E-state index contributed by atoms with van der Waals surface area (Å²) in [4.78, 5) is 2.67. The van der Waals surface area contributed by atoms with Gasteiger partial charge in [0.05, 0.1) is 0 Å². The maximum absolute atomic E-state index is 3.76. The molecule has 2 rings (SSSR count). The molecule has 1 aliphatic heterocycles. The zero-order valence-corrected chi connectivity index (χ0v) is 14.5. The van der Waals surface area contributed by atoms with Crippen LogP contribution in [0.2, 0.25) is 0 Å². The molecule has 2 unspecified atom stereocenters. The van der Waals surface area contributed by atoms with Gasteiger partial charge in [-0.3, -0.25) is 4.90 Å². The summed E-state index contributed by atoms with van der Waals surface area (Å²) in [6.45, 7) is 10.2. The lowest BCUT2D eigenvalue weighted by atomic mass is 9.92. The van der Waals surface area contributed by atoms with Crippen LogP contribution in [-0.2, 0) is 6.54 Å². The maximum Gasteiger partial charge on any atom is 0.0278 e. The molecule has 0 amide bonds. The summed E-state index contributed by atoms with van der Waals surface area (Å²) in [5.41, 5.74) is 1.66. The summed E-state index contributed by atoms with van der Waals surface area (Å²) in [5.74, 6) is 0. The van der Waals surface area contributed by atoms with Crippen LogP contribution in [0.5, 0.6) is 0 Å². The normalized spacial score (nSPS) is 27.7. The van der Waals surface area contributed by atoms with Gasteiger partial charge in [0.15, 0.2) is 0 Å². The fourth-order valence-corrected chi connectivity index (χ4v) is 3.48. The maximum atomic E-state index is 3.76. The van der Waals surface area contributed by atoms with E-state index in [1.165, 1.54) is 29.3 Å². The monoisotopic (exact) mass is 338 g/mol. The van der Waals surface area contributed by atoms with Crippen LogP contribution in [0.25, 0.3) is 0 Å². The number of rotatable bonds is 5. The summed E-state index contributed by atoms with van der Waals surface area (Å²) in [6.07, 6.45) is 3.71. The number of piperazine rings is 1. The summed E-state index contributed by atoms with van der Waals surface area (Å²) in [7, 11) is 0. The highest BCUT2D eigenvalue weighted by Gasteiger charge is 2.33. The topological polar surface area (TPSA) is 15.3 Å². The molecule has 1 N–H and O–H groups in total. The first-order chi connectivity index (χ1) is 9.56. The highest BCUT2D eigenvalue weighted by molar-refractivity contribution is 9.10. The molecular weight excluding hydrogens is 312 g/mol. The average molecular weight is 339 g/mol. The Morgan fingerprint density at radius 1 is 1.40 bits per heavy atom. The molecule has 112 valence electrons. The van der Waals surface area contributed by atoms with Crippen molar-refractivity contribution in [2.75, 3.05) is 13.1 Å². The van der Waals surface area contributed by atoms with Gasteiger partial charge in [-0.15, -0.1) is 0 Å². The molecular formula is C17H27BrN2. The first kappa shape index (κ1) is 16.0. The van der Waals surface area contributed by atoms with E-state index in [-0.39, 0.29) is 5.54 Å². The number of nitrogens with zero attached hydrogens (tertiary/aromatic N) is 1. The molecule has 0 saturated carbocycles. The van der Waals surface area contributed by atoms with E-state index in [1.54, 1.807) is 0 Å². The SMILES string of the molecule is CCCC1CNC(C)(CC)CN1Cc1cccc(Br)c1. The predicted octanol–water partition coefficient (Wildman–Crippen LogP) is 4.19. The van der Waals surface area contributed by atoms with Crippen LogP contribution < -0.4 is 5.32 Å². The quantitative estimate of drug-likeness (QED) is 0.865.